The summed E-state index contributed by atoms with van der Waals surface area (Å²) in [6, 6.07) is 10.6. The monoisotopic (exact) mass is 423 g/mol. The summed E-state index contributed by atoms with van der Waals surface area (Å²) in [7, 11) is 0. The Bertz CT molecular complexity index is 930. The molecule has 1 heterocycles. The lowest BCUT2D eigenvalue weighted by Gasteiger charge is -2.13. The molecule has 1 saturated heterocycles. The van der Waals surface area contributed by atoms with E-state index in [-0.39, 0.29) is 11.8 Å². The molecular weight excluding hydrogens is 409 g/mol. The van der Waals surface area contributed by atoms with Crippen LogP contribution in [0.25, 0.3) is 6.08 Å². The summed E-state index contributed by atoms with van der Waals surface area (Å²) in [5, 5.41) is 2.78. The van der Waals surface area contributed by atoms with E-state index in [1.807, 2.05) is 13.0 Å². The third-order valence-corrected chi connectivity index (χ3v) is 5.14. The van der Waals surface area contributed by atoms with E-state index in [4.69, 9.17) is 32.7 Å². The van der Waals surface area contributed by atoms with Crippen LogP contribution in [0, 0.1) is 0 Å². The van der Waals surface area contributed by atoms with Crippen molar-refractivity contribution in [3.63, 3.8) is 0 Å². The highest BCUT2D eigenvalue weighted by molar-refractivity contribution is 8.18. The molecule has 0 aromatic heterocycles. The average Bonchev–Trinajstić information content (AvgIpc) is 2.95. The highest BCUT2D eigenvalue weighted by atomic mass is 35.5. The van der Waals surface area contributed by atoms with E-state index in [2.05, 4.69) is 5.32 Å². The first-order chi connectivity index (χ1) is 13.0. The molecule has 1 aliphatic heterocycles. The van der Waals surface area contributed by atoms with E-state index in [1.165, 1.54) is 0 Å². The minimum absolute atomic E-state index is 0.269. The van der Waals surface area contributed by atoms with E-state index >= 15 is 0 Å². The van der Waals surface area contributed by atoms with Gasteiger partial charge in [0.15, 0.2) is 11.5 Å². The molecule has 1 aliphatic rings. The Balaban J connectivity index is 1.83. The summed E-state index contributed by atoms with van der Waals surface area (Å²) in [4.78, 5) is 23.3. The fraction of sp³-hybridized carbons (Fsp3) is 0.158. The third kappa shape index (κ3) is 4.97. The zero-order chi connectivity index (χ0) is 19.4. The molecule has 0 atom stereocenters. The van der Waals surface area contributed by atoms with Crippen molar-refractivity contribution in [1.82, 2.24) is 5.32 Å². The van der Waals surface area contributed by atoms with Gasteiger partial charge >= 0.3 is 0 Å². The number of rotatable bonds is 6. The van der Waals surface area contributed by atoms with Crippen molar-refractivity contribution in [1.29, 1.82) is 0 Å². The maximum atomic E-state index is 11.7. The molecule has 140 valence electrons. The smallest absolute Gasteiger partial charge is 0.290 e. The van der Waals surface area contributed by atoms with Gasteiger partial charge in [-0.2, -0.15) is 0 Å². The van der Waals surface area contributed by atoms with Gasteiger partial charge in [0.25, 0.3) is 11.1 Å². The van der Waals surface area contributed by atoms with Gasteiger partial charge in [0, 0.05) is 0 Å². The Labute approximate surface area is 170 Å². The molecule has 27 heavy (non-hydrogen) atoms. The number of carbonyl (C=O) groups is 2. The van der Waals surface area contributed by atoms with Crippen LogP contribution in [0.2, 0.25) is 10.0 Å². The van der Waals surface area contributed by atoms with Crippen LogP contribution in [0.5, 0.6) is 11.5 Å². The summed E-state index contributed by atoms with van der Waals surface area (Å²) in [6.07, 6.45) is 1.63. The van der Waals surface area contributed by atoms with E-state index in [1.54, 1.807) is 36.4 Å². The lowest BCUT2D eigenvalue weighted by atomic mass is 10.2. The van der Waals surface area contributed by atoms with E-state index in [9.17, 15) is 9.59 Å². The number of amides is 2. The van der Waals surface area contributed by atoms with Crippen molar-refractivity contribution in [3.8, 4) is 11.5 Å². The Kier molecular flexibility index (Phi) is 6.31. The quantitative estimate of drug-likeness (QED) is 0.638. The largest absolute Gasteiger partial charge is 0.490 e. The first-order valence-electron chi connectivity index (χ1n) is 8.04. The van der Waals surface area contributed by atoms with E-state index < -0.39 is 5.91 Å². The summed E-state index contributed by atoms with van der Waals surface area (Å²) in [5.41, 5.74) is 1.57. The molecule has 0 aliphatic carbocycles. The molecule has 2 aromatic rings. The van der Waals surface area contributed by atoms with Crippen molar-refractivity contribution in [3.05, 3.63) is 62.5 Å². The zero-order valence-corrected chi connectivity index (χ0v) is 16.6. The molecule has 0 unspecified atom stereocenters. The van der Waals surface area contributed by atoms with Gasteiger partial charge in [-0.1, -0.05) is 35.3 Å². The van der Waals surface area contributed by atoms with Crippen LogP contribution in [0.4, 0.5) is 4.79 Å². The fourth-order valence-electron chi connectivity index (χ4n) is 2.36. The Morgan fingerprint density at radius 1 is 1.04 bits per heavy atom. The van der Waals surface area contributed by atoms with Gasteiger partial charge in [-0.05, 0) is 60.2 Å². The van der Waals surface area contributed by atoms with Gasteiger partial charge in [-0.25, -0.2) is 0 Å². The van der Waals surface area contributed by atoms with Crippen LogP contribution in [-0.2, 0) is 11.4 Å². The molecule has 2 amide bonds. The molecule has 0 spiro atoms. The number of hydrogen-bond donors (Lipinski definition) is 1. The lowest BCUT2D eigenvalue weighted by molar-refractivity contribution is -0.115. The van der Waals surface area contributed by atoms with Crippen LogP contribution >= 0.6 is 35.0 Å². The Morgan fingerprint density at radius 2 is 1.85 bits per heavy atom. The van der Waals surface area contributed by atoms with E-state index in [0.29, 0.717) is 33.1 Å². The zero-order valence-electron chi connectivity index (χ0n) is 14.3. The molecule has 0 bridgehead atoms. The van der Waals surface area contributed by atoms with Crippen molar-refractivity contribution in [2.24, 2.45) is 0 Å². The normalized spacial score (nSPS) is 15.1. The first kappa shape index (κ1) is 19.6. The molecule has 1 N–H and O–H groups in total. The minimum atomic E-state index is -0.405. The maximum Gasteiger partial charge on any atom is 0.290 e. The van der Waals surface area contributed by atoms with E-state index in [0.717, 1.165) is 22.9 Å². The van der Waals surface area contributed by atoms with Crippen LogP contribution in [-0.4, -0.2) is 17.8 Å². The van der Waals surface area contributed by atoms with Crippen molar-refractivity contribution < 1.29 is 19.1 Å². The number of halogens is 2. The fourth-order valence-corrected chi connectivity index (χ4v) is 3.37. The van der Waals surface area contributed by atoms with Gasteiger partial charge in [0.05, 0.1) is 21.6 Å². The van der Waals surface area contributed by atoms with Crippen LogP contribution in [0.3, 0.4) is 0 Å². The van der Waals surface area contributed by atoms with Gasteiger partial charge < -0.3 is 9.47 Å². The summed E-state index contributed by atoms with van der Waals surface area (Å²) >= 11 is 12.8. The van der Waals surface area contributed by atoms with Gasteiger partial charge in [0.1, 0.15) is 6.61 Å². The van der Waals surface area contributed by atoms with Crippen LogP contribution in [0.1, 0.15) is 18.1 Å². The van der Waals surface area contributed by atoms with Crippen molar-refractivity contribution >= 4 is 52.2 Å². The number of carbonyl (C=O) groups excluding carboxylic acids is 2. The topological polar surface area (TPSA) is 64.6 Å². The molecule has 2 aromatic carbocycles. The predicted molar refractivity (Wildman–Crippen MR) is 108 cm³/mol. The van der Waals surface area contributed by atoms with Gasteiger partial charge in [-0.3, -0.25) is 14.9 Å². The molecule has 5 nitrogen and oxygen atoms in total. The third-order valence-electron chi connectivity index (χ3n) is 3.59. The molecular formula is C19H15Cl2NO4S. The molecule has 8 heteroatoms. The highest BCUT2D eigenvalue weighted by Crippen LogP contribution is 2.32. The first-order valence-corrected chi connectivity index (χ1v) is 9.62. The van der Waals surface area contributed by atoms with Crippen LogP contribution in [0.15, 0.2) is 41.3 Å². The van der Waals surface area contributed by atoms with Crippen LogP contribution < -0.4 is 14.8 Å². The second kappa shape index (κ2) is 8.69. The number of imide groups is 1. The molecule has 3 rings (SSSR count). The minimum Gasteiger partial charge on any atom is -0.490 e. The summed E-state index contributed by atoms with van der Waals surface area (Å²) < 4.78 is 11.5. The number of ether oxygens (including phenoxy) is 2. The number of hydrogen-bond acceptors (Lipinski definition) is 5. The average molecular weight is 424 g/mol. The standard InChI is InChI=1S/C19H15Cl2NO4S/c1-2-25-15-6-4-11(9-17-18(23)22-19(24)27-17)8-16(15)26-10-12-3-5-13(20)14(21)7-12/h3-9H,2,10H2,1H3,(H,22,23,24)/b17-9-. The van der Waals surface area contributed by atoms with Crippen molar-refractivity contribution in [2.45, 2.75) is 13.5 Å². The molecule has 0 saturated carbocycles. The SMILES string of the molecule is CCOc1ccc(/C=C2\SC(=O)NC2=O)cc1OCc1ccc(Cl)c(Cl)c1. The second-order valence-electron chi connectivity index (χ2n) is 5.53. The predicted octanol–water partition coefficient (Wildman–Crippen LogP) is 5.30. The summed E-state index contributed by atoms with van der Waals surface area (Å²) in [6.45, 7) is 2.63. The molecule has 0 radical (unpaired) electrons. The number of thioether (sulfide) groups is 1. The maximum absolute atomic E-state index is 11.7. The number of benzene rings is 2. The summed E-state index contributed by atoms with van der Waals surface area (Å²) in [5.74, 6) is 0.698. The second-order valence-corrected chi connectivity index (χ2v) is 7.36. The highest BCUT2D eigenvalue weighted by Gasteiger charge is 2.25. The Hall–Kier alpha value is -2.15. The van der Waals surface area contributed by atoms with Gasteiger partial charge in [0.2, 0.25) is 0 Å². The number of nitrogens with one attached hydrogen (secondary N) is 1. The lowest BCUT2D eigenvalue weighted by Crippen LogP contribution is -2.17. The Morgan fingerprint density at radius 3 is 2.52 bits per heavy atom. The van der Waals surface area contributed by atoms with Crippen molar-refractivity contribution in [2.75, 3.05) is 6.61 Å². The van der Waals surface area contributed by atoms with Gasteiger partial charge in [-0.15, -0.1) is 0 Å². The molecule has 1 fully saturated rings.